The number of piperazine rings is 1. The number of aromatic nitrogens is 2. The number of sulfonamides is 1. The number of nitrogens with one attached hydrogen (secondary N) is 2. The molecule has 1 atom stereocenters. The van der Waals surface area contributed by atoms with Gasteiger partial charge in [-0.1, -0.05) is 6.92 Å². The molecule has 0 bridgehead atoms. The van der Waals surface area contributed by atoms with E-state index in [0.29, 0.717) is 37.2 Å². The Bertz CT molecular complexity index is 947. The van der Waals surface area contributed by atoms with Gasteiger partial charge in [0.05, 0.1) is 5.54 Å². The predicted molar refractivity (Wildman–Crippen MR) is 109 cm³/mol. The zero-order chi connectivity index (χ0) is 19.1. The number of hydrogen-bond donors (Lipinski definition) is 2. The standard InChI is InChI=1S/C18H25N5O3S.ClH/c1-2-18(6-4-8-21-18)17(24)22-9-11-23(12-10-22)27(25,26)15-13-20-16-14(15)5-3-7-19-16;/h3,5,7,13,21H,2,4,6,8-12H2,1H3,(H,19,20);1H. The van der Waals surface area contributed by atoms with E-state index in [4.69, 9.17) is 0 Å². The fourth-order valence-corrected chi connectivity index (χ4v) is 5.73. The largest absolute Gasteiger partial charge is 0.345 e. The summed E-state index contributed by atoms with van der Waals surface area (Å²) in [5, 5.41) is 3.96. The summed E-state index contributed by atoms with van der Waals surface area (Å²) < 4.78 is 27.6. The number of halogens is 1. The second kappa shape index (κ2) is 7.98. The molecule has 28 heavy (non-hydrogen) atoms. The van der Waals surface area contributed by atoms with Gasteiger partial charge in [-0.25, -0.2) is 13.4 Å². The minimum Gasteiger partial charge on any atom is -0.345 e. The van der Waals surface area contributed by atoms with Crippen molar-refractivity contribution in [3.8, 4) is 0 Å². The third-order valence-electron chi connectivity index (χ3n) is 5.81. The van der Waals surface area contributed by atoms with Gasteiger partial charge in [0.1, 0.15) is 10.5 Å². The van der Waals surface area contributed by atoms with Gasteiger partial charge in [0.15, 0.2) is 0 Å². The number of amides is 1. The zero-order valence-electron chi connectivity index (χ0n) is 15.8. The Morgan fingerprint density at radius 3 is 2.68 bits per heavy atom. The quantitative estimate of drug-likeness (QED) is 0.767. The van der Waals surface area contributed by atoms with Crippen LogP contribution in [0, 0.1) is 0 Å². The molecule has 0 aromatic carbocycles. The summed E-state index contributed by atoms with van der Waals surface area (Å²) in [4.78, 5) is 22.1. The molecule has 2 saturated heterocycles. The molecule has 0 saturated carbocycles. The van der Waals surface area contributed by atoms with Gasteiger partial charge in [-0.2, -0.15) is 4.31 Å². The van der Waals surface area contributed by atoms with Gasteiger partial charge >= 0.3 is 0 Å². The number of nitrogens with zero attached hydrogens (tertiary/aromatic N) is 3. The summed E-state index contributed by atoms with van der Waals surface area (Å²) in [7, 11) is -3.63. The Morgan fingerprint density at radius 2 is 2.04 bits per heavy atom. The predicted octanol–water partition coefficient (Wildman–Crippen LogP) is 1.35. The Kier molecular flexibility index (Phi) is 6.00. The third-order valence-corrected chi connectivity index (χ3v) is 7.75. The van der Waals surface area contributed by atoms with Crippen molar-refractivity contribution in [1.29, 1.82) is 0 Å². The number of pyridine rings is 1. The molecule has 1 unspecified atom stereocenters. The Labute approximate surface area is 171 Å². The molecule has 4 rings (SSSR count). The normalized spacial score (nSPS) is 23.7. The lowest BCUT2D eigenvalue weighted by molar-refractivity contribution is -0.139. The summed E-state index contributed by atoms with van der Waals surface area (Å²) in [6.07, 6.45) is 5.73. The van der Waals surface area contributed by atoms with E-state index in [9.17, 15) is 13.2 Å². The molecule has 8 nitrogen and oxygen atoms in total. The number of carbonyl (C=O) groups excluding carboxylic acids is 1. The lowest BCUT2D eigenvalue weighted by Crippen LogP contribution is -2.59. The van der Waals surface area contributed by atoms with Crippen LogP contribution in [-0.2, 0) is 14.8 Å². The van der Waals surface area contributed by atoms with Crippen LogP contribution in [-0.4, -0.2) is 71.8 Å². The monoisotopic (exact) mass is 427 g/mol. The first-order chi connectivity index (χ1) is 13.0. The molecule has 2 N–H and O–H groups in total. The van der Waals surface area contributed by atoms with E-state index >= 15 is 0 Å². The van der Waals surface area contributed by atoms with Gasteiger partial charge in [0, 0.05) is 44.0 Å². The minimum absolute atomic E-state index is 0. The number of hydrogen-bond acceptors (Lipinski definition) is 5. The Balaban J connectivity index is 0.00000225. The minimum atomic E-state index is -3.63. The van der Waals surface area contributed by atoms with Crippen molar-refractivity contribution >= 4 is 39.4 Å². The van der Waals surface area contributed by atoms with Crippen molar-refractivity contribution in [2.75, 3.05) is 32.7 Å². The first kappa shape index (κ1) is 21.0. The molecule has 4 heterocycles. The number of rotatable bonds is 4. The molecule has 2 aromatic rings. The maximum atomic E-state index is 13.1. The zero-order valence-corrected chi connectivity index (χ0v) is 17.5. The Morgan fingerprint density at radius 1 is 1.29 bits per heavy atom. The van der Waals surface area contributed by atoms with Crippen LogP contribution < -0.4 is 5.32 Å². The second-order valence-corrected chi connectivity index (χ2v) is 9.12. The lowest BCUT2D eigenvalue weighted by Gasteiger charge is -2.39. The van der Waals surface area contributed by atoms with Crippen molar-refractivity contribution < 1.29 is 13.2 Å². The SMILES string of the molecule is CCC1(C(=O)N2CCN(S(=O)(=O)c3c[nH]c4ncccc34)CC2)CCCN1.Cl. The van der Waals surface area contributed by atoms with Crippen LogP contribution in [0.5, 0.6) is 0 Å². The molecular weight excluding hydrogens is 402 g/mol. The smallest absolute Gasteiger partial charge is 0.245 e. The second-order valence-electron chi connectivity index (χ2n) is 7.21. The maximum Gasteiger partial charge on any atom is 0.245 e. The highest BCUT2D eigenvalue weighted by atomic mass is 35.5. The summed E-state index contributed by atoms with van der Waals surface area (Å²) in [6.45, 7) is 4.34. The van der Waals surface area contributed by atoms with Crippen LogP contribution in [0.2, 0.25) is 0 Å². The van der Waals surface area contributed by atoms with Gasteiger partial charge in [0.25, 0.3) is 0 Å². The van der Waals surface area contributed by atoms with Gasteiger partial charge in [-0.15, -0.1) is 12.4 Å². The van der Waals surface area contributed by atoms with Crippen molar-refractivity contribution in [3.63, 3.8) is 0 Å². The average Bonchev–Trinajstić information content (AvgIpc) is 3.35. The maximum absolute atomic E-state index is 13.1. The first-order valence-electron chi connectivity index (χ1n) is 9.44. The molecule has 10 heteroatoms. The van der Waals surface area contributed by atoms with E-state index in [1.807, 2.05) is 11.8 Å². The number of carbonyl (C=O) groups is 1. The molecular formula is C18H26ClN5O3S. The van der Waals surface area contributed by atoms with Crippen molar-refractivity contribution in [3.05, 3.63) is 24.5 Å². The van der Waals surface area contributed by atoms with Crippen LogP contribution in [0.4, 0.5) is 0 Å². The molecule has 154 valence electrons. The summed E-state index contributed by atoms with van der Waals surface area (Å²) in [5.41, 5.74) is 0.0888. The van der Waals surface area contributed by atoms with Crippen molar-refractivity contribution in [1.82, 2.24) is 24.5 Å². The van der Waals surface area contributed by atoms with E-state index in [2.05, 4.69) is 15.3 Å². The average molecular weight is 428 g/mol. The van der Waals surface area contributed by atoms with Crippen molar-refractivity contribution in [2.24, 2.45) is 0 Å². The van der Waals surface area contributed by atoms with E-state index in [-0.39, 0.29) is 23.2 Å². The number of aromatic amines is 1. The molecule has 0 spiro atoms. The first-order valence-corrected chi connectivity index (χ1v) is 10.9. The highest BCUT2D eigenvalue weighted by Gasteiger charge is 2.43. The van der Waals surface area contributed by atoms with Crippen LogP contribution in [0.15, 0.2) is 29.4 Å². The van der Waals surface area contributed by atoms with E-state index in [1.54, 1.807) is 18.3 Å². The lowest BCUT2D eigenvalue weighted by atomic mass is 9.92. The van der Waals surface area contributed by atoms with E-state index in [0.717, 1.165) is 25.8 Å². The topological polar surface area (TPSA) is 98.4 Å². The molecule has 2 aliphatic heterocycles. The van der Waals surface area contributed by atoms with Crippen LogP contribution in [0.1, 0.15) is 26.2 Å². The third kappa shape index (κ3) is 3.41. The van der Waals surface area contributed by atoms with Gasteiger partial charge in [0.2, 0.25) is 15.9 Å². The molecule has 0 aliphatic carbocycles. The van der Waals surface area contributed by atoms with Crippen molar-refractivity contribution in [2.45, 2.75) is 36.6 Å². The molecule has 1 amide bonds. The molecule has 2 fully saturated rings. The summed E-state index contributed by atoms with van der Waals surface area (Å²) in [6, 6.07) is 3.48. The number of H-pyrrole nitrogens is 1. The van der Waals surface area contributed by atoms with E-state index in [1.165, 1.54) is 10.5 Å². The highest BCUT2D eigenvalue weighted by molar-refractivity contribution is 7.89. The fourth-order valence-electron chi connectivity index (χ4n) is 4.16. The van der Waals surface area contributed by atoms with Gasteiger partial charge < -0.3 is 15.2 Å². The summed E-state index contributed by atoms with van der Waals surface area (Å²) >= 11 is 0. The Hall–Kier alpha value is -1.68. The van der Waals surface area contributed by atoms with Gasteiger partial charge in [-0.05, 0) is 37.9 Å². The number of fused-ring (bicyclic) bond motifs is 1. The molecule has 0 radical (unpaired) electrons. The van der Waals surface area contributed by atoms with Crippen LogP contribution in [0.3, 0.4) is 0 Å². The molecule has 2 aliphatic rings. The highest BCUT2D eigenvalue weighted by Crippen LogP contribution is 2.28. The molecule has 2 aromatic heterocycles. The van der Waals surface area contributed by atoms with Crippen LogP contribution >= 0.6 is 12.4 Å². The van der Waals surface area contributed by atoms with Gasteiger partial charge in [-0.3, -0.25) is 4.79 Å². The van der Waals surface area contributed by atoms with E-state index < -0.39 is 15.6 Å². The summed E-state index contributed by atoms with van der Waals surface area (Å²) in [5.74, 6) is 0.107. The van der Waals surface area contributed by atoms with Crippen LogP contribution in [0.25, 0.3) is 11.0 Å². The fraction of sp³-hybridized carbons (Fsp3) is 0.556.